The van der Waals surface area contributed by atoms with Crippen LogP contribution in [0.3, 0.4) is 0 Å². The van der Waals surface area contributed by atoms with Crippen molar-refractivity contribution < 1.29 is 9.59 Å². The van der Waals surface area contributed by atoms with Crippen LogP contribution in [0.15, 0.2) is 60.7 Å². The van der Waals surface area contributed by atoms with E-state index in [0.29, 0.717) is 11.1 Å². The maximum atomic E-state index is 13.6. The van der Waals surface area contributed by atoms with Gasteiger partial charge in [-0.05, 0) is 67.2 Å². The second-order valence-electron chi connectivity index (χ2n) is 10.7. The summed E-state index contributed by atoms with van der Waals surface area (Å²) in [7, 11) is 0. The van der Waals surface area contributed by atoms with Crippen LogP contribution in [-0.2, 0) is 12.8 Å². The highest BCUT2D eigenvalue weighted by Gasteiger charge is 2.40. The highest BCUT2D eigenvalue weighted by molar-refractivity contribution is 7.15. The van der Waals surface area contributed by atoms with Crippen molar-refractivity contribution in [2.45, 2.75) is 78.1 Å². The van der Waals surface area contributed by atoms with E-state index in [9.17, 15) is 9.59 Å². The Balaban J connectivity index is 1.31. The third-order valence-corrected chi connectivity index (χ3v) is 10.2. The maximum absolute atomic E-state index is 13.6. The first-order valence-corrected chi connectivity index (χ1v) is 16.0. The molecule has 0 spiro atoms. The fourth-order valence-electron chi connectivity index (χ4n) is 5.60. The Morgan fingerprint density at radius 2 is 1.29 bits per heavy atom. The lowest BCUT2D eigenvalue weighted by molar-refractivity contribution is 0.0802. The lowest BCUT2D eigenvalue weighted by atomic mass is 9.71. The second-order valence-corrected chi connectivity index (χ2v) is 13.0. The summed E-state index contributed by atoms with van der Waals surface area (Å²) in [6.07, 6.45) is 18.4. The fraction of sp³-hybridized carbons (Fsp3) is 0.412. The highest BCUT2D eigenvalue weighted by Crippen LogP contribution is 2.40. The Morgan fingerprint density at radius 1 is 0.658 bits per heavy atom. The van der Waals surface area contributed by atoms with Gasteiger partial charge in [0, 0.05) is 30.6 Å². The van der Waals surface area contributed by atoms with Gasteiger partial charge in [0.2, 0.25) is 0 Å². The molecule has 1 aromatic carbocycles. The number of benzene rings is 1. The van der Waals surface area contributed by atoms with Crippen LogP contribution < -0.4 is 0 Å². The van der Waals surface area contributed by atoms with E-state index in [1.54, 1.807) is 0 Å². The third-order valence-electron chi connectivity index (χ3n) is 7.83. The van der Waals surface area contributed by atoms with Gasteiger partial charge in [-0.1, -0.05) is 82.7 Å². The largest absolute Gasteiger partial charge is 0.293 e. The van der Waals surface area contributed by atoms with Crippen molar-refractivity contribution in [1.82, 2.24) is 0 Å². The van der Waals surface area contributed by atoms with E-state index in [1.165, 1.54) is 70.9 Å². The number of fused-ring (bicyclic) bond motifs is 2. The van der Waals surface area contributed by atoms with Crippen LogP contribution in [-0.4, -0.2) is 11.6 Å². The van der Waals surface area contributed by atoms with E-state index < -0.39 is 11.8 Å². The summed E-state index contributed by atoms with van der Waals surface area (Å²) in [6.45, 7) is 4.48. The molecule has 2 nitrogen and oxygen atoms in total. The molecule has 0 radical (unpaired) electrons. The zero-order valence-corrected chi connectivity index (χ0v) is 24.3. The number of aryl methyl sites for hydroxylation is 2. The summed E-state index contributed by atoms with van der Waals surface area (Å²) in [5.74, 6) is -0.679. The van der Waals surface area contributed by atoms with Crippen LogP contribution in [0.5, 0.6) is 0 Å². The summed E-state index contributed by atoms with van der Waals surface area (Å²) in [6, 6.07) is 14.6. The van der Waals surface area contributed by atoms with Crippen LogP contribution >= 0.6 is 22.7 Å². The fourth-order valence-corrected chi connectivity index (χ4v) is 7.70. The lowest BCUT2D eigenvalue weighted by Gasteiger charge is -2.30. The average molecular weight is 543 g/mol. The van der Waals surface area contributed by atoms with Crippen molar-refractivity contribution in [2.24, 2.45) is 11.8 Å². The molecule has 0 saturated heterocycles. The van der Waals surface area contributed by atoms with Gasteiger partial charge in [0.05, 0.1) is 11.8 Å². The molecule has 0 fully saturated rings. The van der Waals surface area contributed by atoms with Gasteiger partial charge in [-0.25, -0.2) is 0 Å². The SMILES string of the molecule is CCCCCCc1ccc(C2=CC3C(=O)c4ccc(-c5ccc(CCCCCC)s5)cc4C(=O)C3C=C2)s1. The van der Waals surface area contributed by atoms with Crippen molar-refractivity contribution in [3.63, 3.8) is 0 Å². The van der Waals surface area contributed by atoms with Gasteiger partial charge in [-0.3, -0.25) is 9.59 Å². The monoisotopic (exact) mass is 542 g/mol. The third kappa shape index (κ3) is 5.87. The number of rotatable bonds is 12. The first kappa shape index (κ1) is 27.0. The normalized spacial score (nSPS) is 18.4. The summed E-state index contributed by atoms with van der Waals surface area (Å²) in [5, 5.41) is 0. The number of hydrogen-bond donors (Lipinski definition) is 0. The van der Waals surface area contributed by atoms with Crippen LogP contribution in [0.1, 0.15) is 101 Å². The van der Waals surface area contributed by atoms with Crippen molar-refractivity contribution in [3.05, 3.63) is 86.5 Å². The average Bonchev–Trinajstić information content (AvgIpc) is 3.62. The molecule has 38 heavy (non-hydrogen) atoms. The van der Waals surface area contributed by atoms with Gasteiger partial charge in [0.25, 0.3) is 0 Å². The number of thiophene rings is 2. The summed E-state index contributed by atoms with van der Waals surface area (Å²) < 4.78 is 0. The Morgan fingerprint density at radius 3 is 1.97 bits per heavy atom. The van der Waals surface area contributed by atoms with Crippen molar-refractivity contribution >= 4 is 39.8 Å². The summed E-state index contributed by atoms with van der Waals surface area (Å²) in [4.78, 5) is 32.3. The smallest absolute Gasteiger partial charge is 0.171 e. The zero-order valence-electron chi connectivity index (χ0n) is 22.6. The predicted molar refractivity (Wildman–Crippen MR) is 163 cm³/mol. The topological polar surface area (TPSA) is 34.1 Å². The highest BCUT2D eigenvalue weighted by atomic mass is 32.1. The van der Waals surface area contributed by atoms with Crippen molar-refractivity contribution in [2.75, 3.05) is 0 Å². The number of Topliss-reactive ketones (excluding diaryl/α,β-unsaturated/α-hetero) is 2. The first-order valence-electron chi connectivity index (χ1n) is 14.4. The standard InChI is InChI=1S/C34H38O2S2/c1-3-5-7-9-11-25-15-19-31(37-25)23-13-17-27-29(21-23)33(35)28-18-14-24(22-30(28)34(27)36)32-20-16-26(38-32)12-10-8-6-4-2/h13-22,27,29H,3-12H2,1-2H3. The molecule has 5 rings (SSSR count). The Hall–Kier alpha value is -2.56. The van der Waals surface area contributed by atoms with E-state index in [0.717, 1.165) is 24.0 Å². The van der Waals surface area contributed by atoms with Gasteiger partial charge in [-0.2, -0.15) is 0 Å². The number of carbonyl (C=O) groups is 2. The number of hydrogen-bond acceptors (Lipinski definition) is 4. The molecule has 2 atom stereocenters. The first-order chi connectivity index (χ1) is 18.6. The number of carbonyl (C=O) groups excluding carboxylic acids is 2. The van der Waals surface area contributed by atoms with E-state index in [2.05, 4.69) is 44.2 Å². The number of allylic oxidation sites excluding steroid dienone is 4. The predicted octanol–water partition coefficient (Wildman–Crippen LogP) is 9.99. The Kier molecular flexibility index (Phi) is 8.91. The van der Waals surface area contributed by atoms with Gasteiger partial charge in [-0.15, -0.1) is 22.7 Å². The quantitative estimate of drug-likeness (QED) is 0.213. The van der Waals surface area contributed by atoms with Gasteiger partial charge in [0.15, 0.2) is 11.6 Å². The zero-order chi connectivity index (χ0) is 26.5. The molecule has 3 aromatic rings. The van der Waals surface area contributed by atoms with Crippen LogP contribution in [0.2, 0.25) is 0 Å². The molecule has 0 N–H and O–H groups in total. The van der Waals surface area contributed by atoms with Crippen LogP contribution in [0, 0.1) is 11.8 Å². The summed E-state index contributed by atoms with van der Waals surface area (Å²) >= 11 is 3.63. The van der Waals surface area contributed by atoms with Crippen LogP contribution in [0.25, 0.3) is 16.0 Å². The minimum absolute atomic E-state index is 0.0668. The van der Waals surface area contributed by atoms with Crippen molar-refractivity contribution in [3.8, 4) is 10.4 Å². The molecule has 2 unspecified atom stereocenters. The molecular formula is C34H38O2S2. The molecule has 198 valence electrons. The molecule has 0 amide bonds. The van der Waals surface area contributed by atoms with Crippen molar-refractivity contribution in [1.29, 1.82) is 0 Å². The Bertz CT molecular complexity index is 1350. The molecular weight excluding hydrogens is 505 g/mol. The van der Waals surface area contributed by atoms with E-state index in [4.69, 9.17) is 0 Å². The molecule has 0 bridgehead atoms. The van der Waals surface area contributed by atoms with E-state index in [1.807, 2.05) is 53.0 Å². The Labute approximate surface area is 235 Å². The molecule has 2 aromatic heterocycles. The number of unbranched alkanes of at least 4 members (excludes halogenated alkanes) is 6. The van der Waals surface area contributed by atoms with E-state index in [-0.39, 0.29) is 11.6 Å². The van der Waals surface area contributed by atoms with E-state index >= 15 is 0 Å². The molecule has 2 heterocycles. The lowest BCUT2D eigenvalue weighted by Crippen LogP contribution is -2.35. The second kappa shape index (κ2) is 12.5. The van der Waals surface area contributed by atoms with Gasteiger partial charge >= 0.3 is 0 Å². The summed E-state index contributed by atoms with van der Waals surface area (Å²) in [5.41, 5.74) is 3.26. The van der Waals surface area contributed by atoms with Crippen LogP contribution in [0.4, 0.5) is 0 Å². The molecule has 2 aliphatic rings. The number of ketones is 2. The van der Waals surface area contributed by atoms with Gasteiger partial charge < -0.3 is 0 Å². The molecule has 0 aliphatic heterocycles. The molecule has 0 saturated carbocycles. The maximum Gasteiger partial charge on any atom is 0.171 e. The molecule has 4 heteroatoms. The minimum atomic E-state index is -0.410. The minimum Gasteiger partial charge on any atom is -0.293 e. The molecule has 2 aliphatic carbocycles. The van der Waals surface area contributed by atoms with Gasteiger partial charge in [0.1, 0.15) is 0 Å².